The van der Waals surface area contributed by atoms with Gasteiger partial charge in [0, 0.05) is 26.7 Å². The Morgan fingerprint density at radius 2 is 1.88 bits per heavy atom. The van der Waals surface area contributed by atoms with E-state index in [1.165, 1.54) is 15.6 Å². The molecule has 12 nitrogen and oxygen atoms in total. The molecule has 0 bridgehead atoms. The average molecular weight is 704 g/mol. The molecule has 2 saturated heterocycles. The van der Waals surface area contributed by atoms with E-state index in [1.54, 1.807) is 18.2 Å². The van der Waals surface area contributed by atoms with E-state index in [9.17, 15) is 18.3 Å². The summed E-state index contributed by atoms with van der Waals surface area (Å²) in [4.78, 5) is 22.3. The number of thiazole rings is 1. The molecule has 3 aromatic rings. The van der Waals surface area contributed by atoms with Crippen LogP contribution in [0.5, 0.6) is 0 Å². The molecular weight excluding hydrogens is 655 g/mol. The second-order valence-corrected chi connectivity index (χ2v) is 16.3. The third-order valence-electron chi connectivity index (χ3n) is 8.68. The number of nitrogens with one attached hydrogen (secondary N) is 1. The fraction of sp³-hybridized carbons (Fsp3) is 0.588. The van der Waals surface area contributed by atoms with Crippen LogP contribution < -0.4 is 10.2 Å². The molecule has 5 atom stereocenters. The van der Waals surface area contributed by atoms with Gasteiger partial charge in [-0.05, 0) is 69.6 Å². The molecule has 1 amide bonds. The third-order valence-corrected chi connectivity index (χ3v) is 11.6. The number of fused-ring (bicyclic) bond motifs is 2. The summed E-state index contributed by atoms with van der Waals surface area (Å²) in [6.45, 7) is 6.42. The van der Waals surface area contributed by atoms with Gasteiger partial charge in [-0.2, -0.15) is 4.31 Å². The topological polar surface area (TPSA) is 134 Å². The molecule has 2 fully saturated rings. The summed E-state index contributed by atoms with van der Waals surface area (Å²) < 4.78 is 47.3. The quantitative estimate of drug-likeness (QED) is 0.227. The van der Waals surface area contributed by atoms with Crippen molar-refractivity contribution < 1.29 is 32.5 Å². The second-order valence-electron chi connectivity index (χ2n) is 13.4. The van der Waals surface area contributed by atoms with Crippen molar-refractivity contribution in [1.82, 2.24) is 19.5 Å². The zero-order valence-electron chi connectivity index (χ0n) is 28.4. The van der Waals surface area contributed by atoms with E-state index < -0.39 is 34.4 Å². The molecule has 14 heteroatoms. The highest BCUT2D eigenvalue weighted by molar-refractivity contribution is 7.89. The number of benzene rings is 2. The molecule has 2 aliphatic heterocycles. The first-order valence-corrected chi connectivity index (χ1v) is 18.9. The largest absolute Gasteiger partial charge is 0.443 e. The van der Waals surface area contributed by atoms with Crippen LogP contribution in [-0.2, 0) is 30.7 Å². The van der Waals surface area contributed by atoms with Crippen molar-refractivity contribution >= 4 is 42.8 Å². The van der Waals surface area contributed by atoms with Crippen LogP contribution in [0.4, 0.5) is 9.93 Å². The summed E-state index contributed by atoms with van der Waals surface area (Å²) in [5.41, 5.74) is 1.62. The molecule has 2 aliphatic rings. The minimum atomic E-state index is -4.02. The van der Waals surface area contributed by atoms with Crippen molar-refractivity contribution in [2.45, 2.75) is 62.5 Å². The van der Waals surface area contributed by atoms with Crippen molar-refractivity contribution in [3.05, 3.63) is 54.1 Å². The average Bonchev–Trinajstić information content (AvgIpc) is 3.77. The summed E-state index contributed by atoms with van der Waals surface area (Å²) in [5.74, 6) is -0.0497. The molecule has 264 valence electrons. The molecule has 3 heterocycles. The number of carbonyl (C=O) groups is 1. The Morgan fingerprint density at radius 3 is 2.60 bits per heavy atom. The van der Waals surface area contributed by atoms with Crippen LogP contribution in [-0.4, -0.2) is 119 Å². The van der Waals surface area contributed by atoms with Crippen LogP contribution in [0.15, 0.2) is 53.4 Å². The number of aromatic nitrogens is 1. The molecule has 5 rings (SSSR count). The molecular formula is C34H49N5O7S2. The van der Waals surface area contributed by atoms with Crippen LogP contribution in [0.25, 0.3) is 10.2 Å². The Morgan fingerprint density at radius 1 is 1.10 bits per heavy atom. The van der Waals surface area contributed by atoms with Gasteiger partial charge in [-0.3, -0.25) is 0 Å². The Bertz CT molecular complexity index is 1600. The predicted molar refractivity (Wildman–Crippen MR) is 187 cm³/mol. The number of rotatable bonds is 16. The first-order chi connectivity index (χ1) is 22.9. The number of amides is 1. The van der Waals surface area contributed by atoms with Gasteiger partial charge in [0.2, 0.25) is 10.0 Å². The van der Waals surface area contributed by atoms with Gasteiger partial charge in [-0.25, -0.2) is 18.2 Å². The van der Waals surface area contributed by atoms with Crippen molar-refractivity contribution in [1.29, 1.82) is 0 Å². The maximum atomic E-state index is 14.2. The summed E-state index contributed by atoms with van der Waals surface area (Å²) in [6, 6.07) is 13.6. The number of hydrogen-bond acceptors (Lipinski definition) is 11. The van der Waals surface area contributed by atoms with Crippen molar-refractivity contribution in [2.75, 3.05) is 65.4 Å². The van der Waals surface area contributed by atoms with Crippen LogP contribution in [0.2, 0.25) is 0 Å². The maximum absolute atomic E-state index is 14.2. The van der Waals surface area contributed by atoms with Gasteiger partial charge >= 0.3 is 6.09 Å². The zero-order chi connectivity index (χ0) is 34.4. The monoisotopic (exact) mass is 703 g/mol. The van der Waals surface area contributed by atoms with Crippen LogP contribution in [0.1, 0.15) is 32.3 Å². The molecule has 2 N–H and O–H groups in total. The van der Waals surface area contributed by atoms with Gasteiger partial charge in [0.05, 0.1) is 46.4 Å². The minimum absolute atomic E-state index is 0.0176. The molecule has 48 heavy (non-hydrogen) atoms. The maximum Gasteiger partial charge on any atom is 0.407 e. The van der Waals surface area contributed by atoms with Crippen LogP contribution in [0, 0.1) is 11.8 Å². The van der Waals surface area contributed by atoms with Gasteiger partial charge in [0.1, 0.15) is 6.10 Å². The Hall–Kier alpha value is -2.85. The lowest BCUT2D eigenvalue weighted by Gasteiger charge is -2.31. The van der Waals surface area contributed by atoms with E-state index in [0.29, 0.717) is 6.61 Å². The zero-order valence-corrected chi connectivity index (χ0v) is 30.1. The fourth-order valence-electron chi connectivity index (χ4n) is 6.12. The molecule has 0 spiro atoms. The number of anilines is 1. The number of ether oxygens (including phenoxy) is 3. The highest BCUT2D eigenvalue weighted by Gasteiger charge is 2.44. The van der Waals surface area contributed by atoms with Gasteiger partial charge < -0.3 is 34.4 Å². The molecule has 0 saturated carbocycles. The molecule has 0 aliphatic carbocycles. The molecule has 0 radical (unpaired) electrons. The predicted octanol–water partition coefficient (Wildman–Crippen LogP) is 3.79. The number of alkyl carbamates (subject to hydrolysis) is 1. The van der Waals surface area contributed by atoms with Gasteiger partial charge in [-0.1, -0.05) is 55.5 Å². The second kappa shape index (κ2) is 16.2. The number of carbonyl (C=O) groups excluding carboxylic acids is 1. The number of aliphatic hydroxyl groups is 1. The highest BCUT2D eigenvalue weighted by atomic mass is 32.2. The summed E-state index contributed by atoms with van der Waals surface area (Å²) in [6.07, 6.45) is -0.744. The van der Waals surface area contributed by atoms with Crippen molar-refractivity contribution in [2.24, 2.45) is 11.8 Å². The standard InChI is InChI=1S/C34H49N5O7S2/c1-23(2)20-39(48(42,43)25-12-13-27-31(19-25)47-33(35-27)38(5)16-9-15-37(3)4)21-29(40)28(18-24-10-7-6-8-11-24)36-34(41)46-30-22-45-32-26(30)14-17-44-32/h6-8,10-13,19,23,26,28-30,32,40H,9,14-18,20-22H2,1-5H3,(H,36,41)/t26-,28-,29+,30-,32+/m0/s1. The number of sulfonamides is 1. The molecule has 0 unspecified atom stereocenters. The van der Waals surface area contributed by atoms with E-state index in [4.69, 9.17) is 19.2 Å². The molecule has 1 aromatic heterocycles. The van der Waals surface area contributed by atoms with E-state index in [1.807, 2.05) is 65.3 Å². The first-order valence-electron chi connectivity index (χ1n) is 16.6. The smallest absolute Gasteiger partial charge is 0.407 e. The summed E-state index contributed by atoms with van der Waals surface area (Å²) >= 11 is 1.46. The van der Waals surface area contributed by atoms with E-state index in [-0.39, 0.29) is 49.1 Å². The summed E-state index contributed by atoms with van der Waals surface area (Å²) in [7, 11) is 2.06. The van der Waals surface area contributed by atoms with E-state index >= 15 is 0 Å². The molecule has 2 aromatic carbocycles. The van der Waals surface area contributed by atoms with Crippen LogP contribution in [0.3, 0.4) is 0 Å². The third kappa shape index (κ3) is 9.23. The lowest BCUT2D eigenvalue weighted by molar-refractivity contribution is -0.0907. The number of nitrogens with zero attached hydrogens (tertiary/aromatic N) is 4. The number of hydrogen-bond donors (Lipinski definition) is 2. The van der Waals surface area contributed by atoms with Crippen molar-refractivity contribution in [3.63, 3.8) is 0 Å². The SMILES string of the molecule is CC(C)CN(C[C@@H](O)[C@H](Cc1ccccc1)NC(=O)O[C@H]1CO[C@H]2OCC[C@H]21)S(=O)(=O)c1ccc2nc(N(C)CCCN(C)C)sc2c1. The lowest BCUT2D eigenvalue weighted by Crippen LogP contribution is -2.51. The first kappa shape index (κ1) is 36.4. The summed E-state index contributed by atoms with van der Waals surface area (Å²) in [5, 5.41) is 15.3. The normalized spacial score (nSPS) is 20.8. The lowest BCUT2D eigenvalue weighted by atomic mass is 10.0. The van der Waals surface area contributed by atoms with E-state index in [0.717, 1.165) is 46.8 Å². The Balaban J connectivity index is 1.33. The Labute approximate surface area is 288 Å². The van der Waals surface area contributed by atoms with Gasteiger partial charge in [-0.15, -0.1) is 0 Å². The van der Waals surface area contributed by atoms with Gasteiger partial charge in [0.15, 0.2) is 11.4 Å². The minimum Gasteiger partial charge on any atom is -0.443 e. The van der Waals surface area contributed by atoms with Gasteiger partial charge in [0.25, 0.3) is 0 Å². The highest BCUT2D eigenvalue weighted by Crippen LogP contribution is 2.33. The van der Waals surface area contributed by atoms with E-state index in [2.05, 4.69) is 15.1 Å². The van der Waals surface area contributed by atoms with Crippen molar-refractivity contribution in [3.8, 4) is 0 Å². The number of aliphatic hydroxyl groups excluding tert-OH is 1. The van der Waals surface area contributed by atoms with Crippen LogP contribution >= 0.6 is 11.3 Å². The fourth-order valence-corrected chi connectivity index (χ4v) is 8.84. The Kier molecular flexibility index (Phi) is 12.3.